The SMILES string of the molecule is COC(=O)c1cc(S(N)(=O)=O)c(Cl)cc1CCc1ccco1. The van der Waals surface area contributed by atoms with E-state index in [-0.39, 0.29) is 15.5 Å². The molecule has 0 aliphatic heterocycles. The van der Waals surface area contributed by atoms with Gasteiger partial charge in [-0.05, 0) is 36.2 Å². The Hall–Kier alpha value is -1.83. The minimum atomic E-state index is -4.03. The van der Waals surface area contributed by atoms with Gasteiger partial charge in [-0.25, -0.2) is 18.4 Å². The summed E-state index contributed by atoms with van der Waals surface area (Å²) < 4.78 is 32.9. The van der Waals surface area contributed by atoms with Crippen molar-refractivity contribution in [3.05, 3.63) is 52.4 Å². The summed E-state index contributed by atoms with van der Waals surface area (Å²) in [6.45, 7) is 0. The first-order chi connectivity index (χ1) is 10.3. The van der Waals surface area contributed by atoms with E-state index >= 15 is 0 Å². The number of hydrogen-bond donors (Lipinski definition) is 1. The zero-order chi connectivity index (χ0) is 16.3. The van der Waals surface area contributed by atoms with Crippen LogP contribution in [0.25, 0.3) is 0 Å². The molecule has 0 unspecified atom stereocenters. The van der Waals surface area contributed by atoms with Crippen LogP contribution in [0.3, 0.4) is 0 Å². The lowest BCUT2D eigenvalue weighted by Crippen LogP contribution is -2.15. The molecular weight excluding hydrogens is 330 g/mol. The number of carbonyl (C=O) groups excluding carboxylic acids is 1. The number of esters is 1. The lowest BCUT2D eigenvalue weighted by Gasteiger charge is -2.11. The van der Waals surface area contributed by atoms with Crippen LogP contribution in [0.4, 0.5) is 0 Å². The number of furan rings is 1. The van der Waals surface area contributed by atoms with Gasteiger partial charge in [0.1, 0.15) is 10.7 Å². The number of methoxy groups -OCH3 is 1. The van der Waals surface area contributed by atoms with E-state index in [9.17, 15) is 13.2 Å². The van der Waals surface area contributed by atoms with Crippen LogP contribution in [-0.2, 0) is 27.6 Å². The van der Waals surface area contributed by atoms with Gasteiger partial charge in [0, 0.05) is 6.42 Å². The van der Waals surface area contributed by atoms with Gasteiger partial charge in [0.25, 0.3) is 0 Å². The third-order valence-electron chi connectivity index (χ3n) is 3.09. The number of halogens is 1. The number of aryl methyl sites for hydroxylation is 2. The van der Waals surface area contributed by atoms with E-state index in [0.717, 1.165) is 11.8 Å². The number of primary sulfonamides is 1. The van der Waals surface area contributed by atoms with Crippen LogP contribution in [0.5, 0.6) is 0 Å². The minimum Gasteiger partial charge on any atom is -0.469 e. The normalized spacial score (nSPS) is 11.4. The second kappa shape index (κ2) is 6.51. The smallest absolute Gasteiger partial charge is 0.338 e. The number of rotatable bonds is 5. The van der Waals surface area contributed by atoms with Crippen LogP contribution in [0.1, 0.15) is 21.7 Å². The van der Waals surface area contributed by atoms with Crippen molar-refractivity contribution in [1.82, 2.24) is 0 Å². The van der Waals surface area contributed by atoms with Crippen LogP contribution in [0.15, 0.2) is 39.8 Å². The molecule has 1 aromatic carbocycles. The largest absolute Gasteiger partial charge is 0.469 e. The maximum absolute atomic E-state index is 11.9. The van der Waals surface area contributed by atoms with Gasteiger partial charge >= 0.3 is 5.97 Å². The highest BCUT2D eigenvalue weighted by Crippen LogP contribution is 2.26. The standard InChI is InChI=1S/C14H14ClNO5S/c1-20-14(17)11-8-13(22(16,18)19)12(15)7-9(11)4-5-10-3-2-6-21-10/h2-3,6-8H,4-5H2,1H3,(H2,16,18,19). The number of sulfonamides is 1. The van der Waals surface area contributed by atoms with Gasteiger partial charge in [-0.2, -0.15) is 0 Å². The lowest BCUT2D eigenvalue weighted by atomic mass is 10.0. The summed E-state index contributed by atoms with van der Waals surface area (Å²) in [5.74, 6) is 0.0819. The highest BCUT2D eigenvalue weighted by Gasteiger charge is 2.21. The highest BCUT2D eigenvalue weighted by molar-refractivity contribution is 7.89. The Morgan fingerprint density at radius 1 is 1.36 bits per heavy atom. The summed E-state index contributed by atoms with van der Waals surface area (Å²) in [7, 11) is -2.82. The van der Waals surface area contributed by atoms with Crippen LogP contribution in [0, 0.1) is 0 Å². The summed E-state index contributed by atoms with van der Waals surface area (Å²) in [6, 6.07) is 6.11. The topological polar surface area (TPSA) is 99.6 Å². The van der Waals surface area contributed by atoms with Crippen molar-refractivity contribution < 1.29 is 22.4 Å². The maximum Gasteiger partial charge on any atom is 0.338 e. The van der Waals surface area contributed by atoms with E-state index in [2.05, 4.69) is 4.74 Å². The average molecular weight is 344 g/mol. The van der Waals surface area contributed by atoms with Crippen LogP contribution < -0.4 is 5.14 Å². The van der Waals surface area contributed by atoms with Crippen molar-refractivity contribution in [2.45, 2.75) is 17.7 Å². The molecule has 0 aliphatic carbocycles. The van der Waals surface area contributed by atoms with Crippen LogP contribution >= 0.6 is 11.6 Å². The summed E-state index contributed by atoms with van der Waals surface area (Å²) in [5, 5.41) is 5.05. The molecule has 1 aromatic heterocycles. The Bertz CT molecular complexity index is 784. The molecule has 2 N–H and O–H groups in total. The van der Waals surface area contributed by atoms with Gasteiger partial charge in [0.05, 0.1) is 24.0 Å². The zero-order valence-corrected chi connectivity index (χ0v) is 13.3. The Balaban J connectivity index is 2.43. The van der Waals surface area contributed by atoms with E-state index in [1.54, 1.807) is 18.4 Å². The molecule has 2 rings (SSSR count). The summed E-state index contributed by atoms with van der Waals surface area (Å²) in [5.41, 5.74) is 0.670. The summed E-state index contributed by atoms with van der Waals surface area (Å²) in [4.78, 5) is 11.6. The molecule has 0 radical (unpaired) electrons. The number of hydrogen-bond acceptors (Lipinski definition) is 5. The Morgan fingerprint density at radius 3 is 2.64 bits per heavy atom. The van der Waals surface area contributed by atoms with Gasteiger partial charge in [-0.3, -0.25) is 0 Å². The molecule has 2 aromatic rings. The van der Waals surface area contributed by atoms with Gasteiger partial charge in [0.2, 0.25) is 10.0 Å². The second-order valence-electron chi connectivity index (χ2n) is 4.56. The third kappa shape index (κ3) is 3.68. The average Bonchev–Trinajstić information content (AvgIpc) is 2.96. The predicted octanol–water partition coefficient (Wildman–Crippen LogP) is 2.15. The van der Waals surface area contributed by atoms with E-state index < -0.39 is 16.0 Å². The maximum atomic E-state index is 11.9. The Kier molecular flexibility index (Phi) is 4.90. The van der Waals surface area contributed by atoms with Crippen LogP contribution in [0.2, 0.25) is 5.02 Å². The Morgan fingerprint density at radius 2 is 2.09 bits per heavy atom. The predicted molar refractivity (Wildman–Crippen MR) is 80.3 cm³/mol. The highest BCUT2D eigenvalue weighted by atomic mass is 35.5. The molecule has 0 atom stereocenters. The quantitative estimate of drug-likeness (QED) is 0.838. The monoisotopic (exact) mass is 343 g/mol. The molecule has 0 saturated heterocycles. The fraction of sp³-hybridized carbons (Fsp3) is 0.214. The van der Waals surface area contributed by atoms with E-state index in [1.807, 2.05) is 0 Å². The Labute approximate surface area is 132 Å². The van der Waals surface area contributed by atoms with Crippen LogP contribution in [-0.4, -0.2) is 21.5 Å². The molecule has 0 saturated carbocycles. The molecular formula is C14H14ClNO5S. The molecule has 1 heterocycles. The fourth-order valence-corrected chi connectivity index (χ4v) is 3.15. The molecule has 6 nitrogen and oxygen atoms in total. The number of nitrogens with two attached hydrogens (primary N) is 1. The van der Waals surface area contributed by atoms with E-state index in [4.69, 9.17) is 21.2 Å². The number of ether oxygens (including phenoxy) is 1. The zero-order valence-electron chi connectivity index (χ0n) is 11.7. The van der Waals surface area contributed by atoms with Crippen molar-refractivity contribution in [1.29, 1.82) is 0 Å². The molecule has 118 valence electrons. The lowest BCUT2D eigenvalue weighted by molar-refractivity contribution is 0.0599. The number of carbonyl (C=O) groups is 1. The molecule has 0 fully saturated rings. The third-order valence-corrected chi connectivity index (χ3v) is 4.47. The van der Waals surface area contributed by atoms with Crippen molar-refractivity contribution in [3.8, 4) is 0 Å². The van der Waals surface area contributed by atoms with Crippen molar-refractivity contribution in [2.24, 2.45) is 5.14 Å². The molecule has 0 amide bonds. The molecule has 8 heteroatoms. The molecule has 0 bridgehead atoms. The first-order valence-electron chi connectivity index (χ1n) is 6.29. The fourth-order valence-electron chi connectivity index (χ4n) is 2.03. The minimum absolute atomic E-state index is 0.0374. The summed E-state index contributed by atoms with van der Waals surface area (Å²) >= 11 is 5.96. The van der Waals surface area contributed by atoms with Crippen molar-refractivity contribution >= 4 is 27.6 Å². The van der Waals surface area contributed by atoms with Gasteiger partial charge in [0.15, 0.2) is 0 Å². The van der Waals surface area contributed by atoms with Gasteiger partial charge in [-0.1, -0.05) is 11.6 Å². The molecule has 22 heavy (non-hydrogen) atoms. The molecule has 0 aliphatic rings. The van der Waals surface area contributed by atoms with E-state index in [0.29, 0.717) is 18.4 Å². The second-order valence-corrected chi connectivity index (χ2v) is 6.49. The first kappa shape index (κ1) is 16.5. The van der Waals surface area contributed by atoms with Gasteiger partial charge in [-0.15, -0.1) is 0 Å². The number of benzene rings is 1. The molecule has 0 spiro atoms. The first-order valence-corrected chi connectivity index (χ1v) is 8.21. The summed E-state index contributed by atoms with van der Waals surface area (Å²) in [6.07, 6.45) is 2.51. The van der Waals surface area contributed by atoms with Crippen molar-refractivity contribution in [3.63, 3.8) is 0 Å². The van der Waals surface area contributed by atoms with Gasteiger partial charge < -0.3 is 9.15 Å². The van der Waals surface area contributed by atoms with Crippen molar-refractivity contribution in [2.75, 3.05) is 7.11 Å². The van der Waals surface area contributed by atoms with E-state index in [1.165, 1.54) is 13.2 Å².